The van der Waals surface area contributed by atoms with E-state index in [2.05, 4.69) is 18.8 Å². The summed E-state index contributed by atoms with van der Waals surface area (Å²) in [5.41, 5.74) is -0.830. The van der Waals surface area contributed by atoms with Crippen LogP contribution in [0.15, 0.2) is 35.2 Å². The predicted octanol–water partition coefficient (Wildman–Crippen LogP) is 3.98. The Kier molecular flexibility index (Phi) is 7.86. The number of amides is 1. The first kappa shape index (κ1) is 28.0. The lowest BCUT2D eigenvalue weighted by molar-refractivity contribution is -0.116. The molecule has 0 saturated carbocycles. The molecule has 1 aromatic heterocycles. The van der Waals surface area contributed by atoms with E-state index in [9.17, 15) is 13.2 Å². The molecule has 0 aromatic carbocycles. The van der Waals surface area contributed by atoms with Crippen LogP contribution in [0.1, 0.15) is 67.7 Å². The quantitative estimate of drug-likeness (QED) is 0.542. The molecule has 0 spiro atoms. The van der Waals surface area contributed by atoms with Crippen molar-refractivity contribution in [2.24, 2.45) is 11.1 Å². The Hall–Kier alpha value is -2.53. The average molecular weight is 525 g/mol. The first-order chi connectivity index (χ1) is 16.5. The monoisotopic (exact) mass is 524 g/mol. The number of nitrogens with two attached hydrogens (primary N) is 1. The van der Waals surface area contributed by atoms with Crippen molar-refractivity contribution < 1.29 is 27.4 Å². The number of likely N-dealkylation sites (tertiary alicyclic amines) is 1. The molecule has 0 radical (unpaired) electrons. The summed E-state index contributed by atoms with van der Waals surface area (Å²) in [7, 11) is -3.94. The van der Waals surface area contributed by atoms with Crippen LogP contribution in [0.3, 0.4) is 0 Å². The molecule has 0 aliphatic carbocycles. The zero-order chi connectivity index (χ0) is 26.9. The zero-order valence-corrected chi connectivity index (χ0v) is 23.2. The van der Waals surface area contributed by atoms with E-state index in [-0.39, 0.29) is 16.7 Å². The van der Waals surface area contributed by atoms with Crippen molar-refractivity contribution in [3.05, 3.63) is 30.2 Å². The number of hydrogen-bond donors (Lipinski definition) is 1. The Morgan fingerprint density at radius 1 is 1.28 bits per heavy atom. The molecule has 2 N–H and O–H groups in total. The van der Waals surface area contributed by atoms with Gasteiger partial charge in [0, 0.05) is 32.5 Å². The molecule has 202 valence electrons. The third-order valence-electron chi connectivity index (χ3n) is 6.14. The topological polar surface area (TPSA) is 124 Å². The third-order valence-corrected chi connectivity index (χ3v) is 6.95. The second kappa shape index (κ2) is 10.1. The average Bonchev–Trinajstić information content (AvgIpc) is 3.22. The van der Waals surface area contributed by atoms with Crippen molar-refractivity contribution in [3.63, 3.8) is 0 Å². The number of aromatic nitrogens is 1. The van der Waals surface area contributed by atoms with Crippen LogP contribution in [-0.4, -0.2) is 61.0 Å². The van der Waals surface area contributed by atoms with Crippen molar-refractivity contribution in [3.8, 4) is 0 Å². The van der Waals surface area contributed by atoms with Crippen LogP contribution in [-0.2, 0) is 24.2 Å². The number of rotatable bonds is 8. The molecule has 0 unspecified atom stereocenters. The summed E-state index contributed by atoms with van der Waals surface area (Å²) < 4.78 is 40.7. The van der Waals surface area contributed by atoms with E-state index in [0.29, 0.717) is 37.1 Å². The number of carbonyl (C=O) groups is 1. The maximum atomic E-state index is 12.7. The maximum Gasteiger partial charge on any atom is 0.410 e. The van der Waals surface area contributed by atoms with Crippen LogP contribution in [0, 0.1) is 5.92 Å². The third kappa shape index (κ3) is 7.49. The largest absolute Gasteiger partial charge is 0.457 e. The number of nitrogens with zero attached hydrogens (tertiary/aromatic N) is 3. The molecular formula is C25H40N4O6S. The lowest BCUT2D eigenvalue weighted by Gasteiger charge is -2.33. The number of pyridine rings is 1. The van der Waals surface area contributed by atoms with Gasteiger partial charge in [-0.2, -0.15) is 0 Å². The molecule has 1 aromatic rings. The van der Waals surface area contributed by atoms with E-state index in [0.717, 1.165) is 19.3 Å². The van der Waals surface area contributed by atoms with Crippen molar-refractivity contribution in [1.82, 2.24) is 9.88 Å². The molecule has 1 amide bonds. The van der Waals surface area contributed by atoms with Crippen molar-refractivity contribution in [2.75, 3.05) is 24.5 Å². The van der Waals surface area contributed by atoms with Gasteiger partial charge in [0.05, 0.1) is 6.54 Å². The number of carbonyl (C=O) groups excluding carboxylic acids is 1. The van der Waals surface area contributed by atoms with Crippen LogP contribution in [0.2, 0.25) is 0 Å². The molecule has 1 atom stereocenters. The van der Waals surface area contributed by atoms with Gasteiger partial charge in [-0.25, -0.2) is 23.3 Å². The van der Waals surface area contributed by atoms with Gasteiger partial charge in [0.25, 0.3) is 10.0 Å². The Morgan fingerprint density at radius 2 is 1.97 bits per heavy atom. The minimum absolute atomic E-state index is 0.187. The standard InChI is InChI=1S/C25H40N4O6S/c1-23(2,3)35-22(30)29-15-18(14-24(29,4)5)10-9-13-28(16-19-17-33-25(6,7)34-19)20-11-8-12-21(27-20)36(26,31)32/h8,11-12,17-18H,9-10,13-16H2,1-7H3,(H2,26,31,32)/t18-/m0/s1. The molecule has 1 saturated heterocycles. The van der Waals surface area contributed by atoms with Crippen molar-refractivity contribution in [2.45, 2.75) is 89.7 Å². The molecule has 3 heterocycles. The van der Waals surface area contributed by atoms with Gasteiger partial charge in [-0.05, 0) is 71.9 Å². The van der Waals surface area contributed by atoms with Gasteiger partial charge in [0.15, 0.2) is 10.8 Å². The van der Waals surface area contributed by atoms with Gasteiger partial charge in [-0.3, -0.25) is 0 Å². The van der Waals surface area contributed by atoms with E-state index >= 15 is 0 Å². The fraction of sp³-hybridized carbons (Fsp3) is 0.680. The summed E-state index contributed by atoms with van der Waals surface area (Å²) in [5, 5.41) is 5.11. The molecule has 1 fully saturated rings. The number of anilines is 1. The van der Waals surface area contributed by atoms with Crippen LogP contribution >= 0.6 is 0 Å². The number of sulfonamides is 1. The lowest BCUT2D eigenvalue weighted by atomic mass is 9.93. The first-order valence-electron chi connectivity index (χ1n) is 12.3. The predicted molar refractivity (Wildman–Crippen MR) is 137 cm³/mol. The van der Waals surface area contributed by atoms with E-state index in [4.69, 9.17) is 19.3 Å². The van der Waals surface area contributed by atoms with Crippen LogP contribution < -0.4 is 10.0 Å². The minimum Gasteiger partial charge on any atom is -0.457 e. The second-order valence-corrected chi connectivity index (χ2v) is 13.1. The fourth-order valence-electron chi connectivity index (χ4n) is 4.63. The normalized spacial score (nSPS) is 20.9. The van der Waals surface area contributed by atoms with Gasteiger partial charge in [-0.1, -0.05) is 6.07 Å². The number of primary sulfonamides is 1. The molecule has 3 rings (SSSR count). The molecule has 0 bridgehead atoms. The lowest BCUT2D eigenvalue weighted by Crippen LogP contribution is -2.45. The van der Waals surface area contributed by atoms with E-state index in [1.807, 2.05) is 44.4 Å². The zero-order valence-electron chi connectivity index (χ0n) is 22.4. The van der Waals surface area contributed by atoms with Crippen LogP contribution in [0.5, 0.6) is 0 Å². The Bertz CT molecular complexity index is 1090. The highest BCUT2D eigenvalue weighted by atomic mass is 32.2. The first-order valence-corrected chi connectivity index (χ1v) is 13.8. The smallest absolute Gasteiger partial charge is 0.410 e. The van der Waals surface area contributed by atoms with E-state index < -0.39 is 21.4 Å². The summed E-state index contributed by atoms with van der Waals surface area (Å²) in [6.45, 7) is 15.0. The molecule has 10 nitrogen and oxygen atoms in total. The highest BCUT2D eigenvalue weighted by Gasteiger charge is 2.42. The Balaban J connectivity index is 1.68. The highest BCUT2D eigenvalue weighted by Crippen LogP contribution is 2.36. The maximum absolute atomic E-state index is 12.7. The summed E-state index contributed by atoms with van der Waals surface area (Å²) in [6, 6.07) is 4.75. The van der Waals surface area contributed by atoms with Crippen molar-refractivity contribution in [1.29, 1.82) is 0 Å². The Labute approximate surface area is 214 Å². The number of hydrogen-bond acceptors (Lipinski definition) is 8. The summed E-state index contributed by atoms with van der Waals surface area (Å²) in [4.78, 5) is 20.8. The Morgan fingerprint density at radius 3 is 2.56 bits per heavy atom. The molecule has 2 aliphatic heterocycles. The summed E-state index contributed by atoms with van der Waals surface area (Å²) in [5.74, 6) is 0.679. The highest BCUT2D eigenvalue weighted by molar-refractivity contribution is 7.89. The fourth-order valence-corrected chi connectivity index (χ4v) is 5.12. The number of ether oxygens (including phenoxy) is 3. The molecular weight excluding hydrogens is 484 g/mol. The van der Waals surface area contributed by atoms with Crippen LogP contribution in [0.4, 0.5) is 10.6 Å². The van der Waals surface area contributed by atoms with E-state index in [1.54, 1.807) is 18.4 Å². The van der Waals surface area contributed by atoms with Gasteiger partial charge in [0.2, 0.25) is 5.79 Å². The SMILES string of the molecule is CC(C)(C)OC(=O)N1C[C@@H](CCCN(CC2=COC(C)(C)O2)c2cccc(S(N)(=O)=O)n2)CC1(C)C. The second-order valence-electron chi connectivity index (χ2n) is 11.6. The van der Waals surface area contributed by atoms with Crippen molar-refractivity contribution >= 4 is 21.9 Å². The summed E-state index contributed by atoms with van der Waals surface area (Å²) >= 11 is 0. The molecule has 36 heavy (non-hydrogen) atoms. The van der Waals surface area contributed by atoms with Gasteiger partial charge in [-0.15, -0.1) is 0 Å². The van der Waals surface area contributed by atoms with Gasteiger partial charge >= 0.3 is 6.09 Å². The molecule has 2 aliphatic rings. The van der Waals surface area contributed by atoms with E-state index in [1.165, 1.54) is 6.07 Å². The van der Waals surface area contributed by atoms with Crippen LogP contribution in [0.25, 0.3) is 0 Å². The minimum atomic E-state index is -3.94. The summed E-state index contributed by atoms with van der Waals surface area (Å²) in [6.07, 6.45) is 3.86. The molecule has 11 heteroatoms. The van der Waals surface area contributed by atoms with Gasteiger partial charge in [0.1, 0.15) is 17.7 Å². The van der Waals surface area contributed by atoms with Gasteiger partial charge < -0.3 is 24.0 Å².